The lowest BCUT2D eigenvalue weighted by Crippen LogP contribution is -2.40. The maximum Gasteiger partial charge on any atom is 0.338 e. The molecule has 0 bridgehead atoms. The first-order chi connectivity index (χ1) is 11.6. The van der Waals surface area contributed by atoms with Crippen molar-refractivity contribution in [2.24, 2.45) is 0 Å². The second kappa shape index (κ2) is 9.32. The van der Waals surface area contributed by atoms with Crippen LogP contribution in [0.2, 0.25) is 0 Å². The highest BCUT2D eigenvalue weighted by Crippen LogP contribution is 2.19. The summed E-state index contributed by atoms with van der Waals surface area (Å²) in [7, 11) is 0. The summed E-state index contributed by atoms with van der Waals surface area (Å²) in [6.07, 6.45) is 1.94. The molecule has 1 aromatic carbocycles. The van der Waals surface area contributed by atoms with Gasteiger partial charge < -0.3 is 15.4 Å². The number of carbonyl (C=O) groups is 3. The number of hydrogen-bond donors (Lipinski definition) is 2. The molecular formula is C17H22N2O4S. The minimum atomic E-state index is -0.364. The third kappa shape index (κ3) is 5.56. The first-order valence-corrected chi connectivity index (χ1v) is 9.11. The number of ether oxygens (including phenoxy) is 1. The van der Waals surface area contributed by atoms with Gasteiger partial charge >= 0.3 is 5.97 Å². The van der Waals surface area contributed by atoms with E-state index >= 15 is 0 Å². The van der Waals surface area contributed by atoms with Crippen LogP contribution in [0.15, 0.2) is 24.3 Å². The highest BCUT2D eigenvalue weighted by Gasteiger charge is 2.25. The Kier molecular flexibility index (Phi) is 7.11. The van der Waals surface area contributed by atoms with Crippen LogP contribution in [0.4, 0.5) is 5.69 Å². The fourth-order valence-electron chi connectivity index (χ4n) is 2.18. The van der Waals surface area contributed by atoms with Crippen molar-refractivity contribution in [2.45, 2.75) is 31.4 Å². The Morgan fingerprint density at radius 3 is 2.75 bits per heavy atom. The van der Waals surface area contributed by atoms with E-state index in [0.717, 1.165) is 18.6 Å². The minimum Gasteiger partial charge on any atom is -0.462 e. The molecule has 0 unspecified atom stereocenters. The van der Waals surface area contributed by atoms with Gasteiger partial charge in [-0.25, -0.2) is 4.79 Å². The van der Waals surface area contributed by atoms with E-state index in [2.05, 4.69) is 10.6 Å². The number of carbonyl (C=O) groups excluding carboxylic acids is 3. The maximum atomic E-state index is 12.0. The lowest BCUT2D eigenvalue weighted by atomic mass is 10.2. The Morgan fingerprint density at radius 1 is 1.33 bits per heavy atom. The van der Waals surface area contributed by atoms with Gasteiger partial charge in [-0.15, -0.1) is 11.8 Å². The van der Waals surface area contributed by atoms with Gasteiger partial charge in [-0.1, -0.05) is 13.3 Å². The fourth-order valence-corrected chi connectivity index (χ4v) is 3.19. The molecule has 0 saturated carbocycles. The summed E-state index contributed by atoms with van der Waals surface area (Å²) in [5.74, 6) is 0.143. The second-order valence-electron chi connectivity index (χ2n) is 5.47. The van der Waals surface area contributed by atoms with Crippen molar-refractivity contribution in [3.05, 3.63) is 29.8 Å². The number of thioether (sulfide) groups is 1. The number of anilines is 1. The van der Waals surface area contributed by atoms with Gasteiger partial charge in [-0.3, -0.25) is 9.59 Å². The van der Waals surface area contributed by atoms with Crippen molar-refractivity contribution in [1.29, 1.82) is 0 Å². The number of nitrogens with one attached hydrogen (secondary N) is 2. The SMILES string of the molecule is CCCCOC(=O)c1ccc(NC(=O)C[C@H]2SCCNC2=O)cc1. The summed E-state index contributed by atoms with van der Waals surface area (Å²) in [6.45, 7) is 3.09. The third-order valence-electron chi connectivity index (χ3n) is 3.52. The van der Waals surface area contributed by atoms with E-state index < -0.39 is 0 Å². The predicted molar refractivity (Wildman–Crippen MR) is 94.1 cm³/mol. The van der Waals surface area contributed by atoms with Crippen molar-refractivity contribution in [3.8, 4) is 0 Å². The molecule has 2 amide bonds. The van der Waals surface area contributed by atoms with Gasteiger partial charge in [-0.2, -0.15) is 0 Å². The highest BCUT2D eigenvalue weighted by atomic mass is 32.2. The van der Waals surface area contributed by atoms with Crippen molar-refractivity contribution in [1.82, 2.24) is 5.32 Å². The second-order valence-corrected chi connectivity index (χ2v) is 6.78. The van der Waals surface area contributed by atoms with Crippen molar-refractivity contribution in [2.75, 3.05) is 24.2 Å². The summed E-state index contributed by atoms with van der Waals surface area (Å²) in [4.78, 5) is 35.5. The van der Waals surface area contributed by atoms with E-state index in [0.29, 0.717) is 24.4 Å². The predicted octanol–water partition coefficient (Wildman–Crippen LogP) is 2.20. The van der Waals surface area contributed by atoms with Crippen molar-refractivity contribution in [3.63, 3.8) is 0 Å². The molecule has 1 aliphatic rings. The van der Waals surface area contributed by atoms with Gasteiger partial charge in [0.25, 0.3) is 0 Å². The van der Waals surface area contributed by atoms with Crippen LogP contribution in [-0.2, 0) is 14.3 Å². The number of benzene rings is 1. The third-order valence-corrected chi connectivity index (χ3v) is 4.74. The fraction of sp³-hybridized carbons (Fsp3) is 0.471. The molecule has 7 heteroatoms. The minimum absolute atomic E-state index is 0.0911. The number of rotatable bonds is 7. The van der Waals surface area contributed by atoms with Crippen LogP contribution in [-0.4, -0.2) is 41.9 Å². The number of esters is 1. The molecule has 24 heavy (non-hydrogen) atoms. The zero-order valence-corrected chi connectivity index (χ0v) is 14.5. The van der Waals surface area contributed by atoms with Crippen LogP contribution in [0.3, 0.4) is 0 Å². The molecule has 1 fully saturated rings. The Bertz CT molecular complexity index is 589. The molecule has 1 heterocycles. The average molecular weight is 350 g/mol. The average Bonchev–Trinajstić information content (AvgIpc) is 2.58. The topological polar surface area (TPSA) is 84.5 Å². The Balaban J connectivity index is 1.83. The molecule has 0 aromatic heterocycles. The first kappa shape index (κ1) is 18.3. The smallest absolute Gasteiger partial charge is 0.338 e. The number of hydrogen-bond acceptors (Lipinski definition) is 5. The molecule has 1 atom stereocenters. The summed E-state index contributed by atoms with van der Waals surface area (Å²) in [5.41, 5.74) is 1.04. The van der Waals surface area contributed by atoms with Gasteiger partial charge in [0.05, 0.1) is 17.4 Å². The monoisotopic (exact) mass is 350 g/mol. The maximum absolute atomic E-state index is 12.0. The van der Waals surface area contributed by atoms with E-state index in [1.807, 2.05) is 6.92 Å². The molecule has 6 nitrogen and oxygen atoms in total. The van der Waals surface area contributed by atoms with Crippen LogP contribution >= 0.6 is 11.8 Å². The van der Waals surface area contributed by atoms with Crippen LogP contribution in [0.1, 0.15) is 36.5 Å². The lowest BCUT2D eigenvalue weighted by Gasteiger charge is -2.20. The zero-order chi connectivity index (χ0) is 17.4. The Hall–Kier alpha value is -2.02. The van der Waals surface area contributed by atoms with Crippen LogP contribution in [0.5, 0.6) is 0 Å². The van der Waals surface area contributed by atoms with E-state index in [-0.39, 0.29) is 29.5 Å². The van der Waals surface area contributed by atoms with Gasteiger partial charge in [0.15, 0.2) is 0 Å². The van der Waals surface area contributed by atoms with E-state index in [1.165, 1.54) is 11.8 Å². The first-order valence-electron chi connectivity index (χ1n) is 8.06. The summed E-state index contributed by atoms with van der Waals surface area (Å²) < 4.78 is 5.13. The van der Waals surface area contributed by atoms with E-state index in [1.54, 1.807) is 24.3 Å². The van der Waals surface area contributed by atoms with Crippen LogP contribution in [0.25, 0.3) is 0 Å². The van der Waals surface area contributed by atoms with Crippen LogP contribution < -0.4 is 10.6 Å². The molecular weight excluding hydrogens is 328 g/mol. The largest absolute Gasteiger partial charge is 0.462 e. The molecule has 2 rings (SSSR count). The molecule has 1 aromatic rings. The number of unbranched alkanes of at least 4 members (excludes halogenated alkanes) is 1. The molecule has 130 valence electrons. The Labute approximate surface area is 145 Å². The highest BCUT2D eigenvalue weighted by molar-refractivity contribution is 8.00. The van der Waals surface area contributed by atoms with Gasteiger partial charge in [0, 0.05) is 24.4 Å². The lowest BCUT2D eigenvalue weighted by molar-refractivity contribution is -0.123. The van der Waals surface area contributed by atoms with Crippen molar-refractivity contribution < 1.29 is 19.1 Å². The molecule has 0 radical (unpaired) electrons. The van der Waals surface area contributed by atoms with E-state index in [9.17, 15) is 14.4 Å². The molecule has 1 aliphatic heterocycles. The van der Waals surface area contributed by atoms with Gasteiger partial charge in [-0.05, 0) is 30.7 Å². The van der Waals surface area contributed by atoms with Crippen molar-refractivity contribution >= 4 is 35.2 Å². The van der Waals surface area contributed by atoms with E-state index in [4.69, 9.17) is 4.74 Å². The quantitative estimate of drug-likeness (QED) is 0.582. The van der Waals surface area contributed by atoms with Crippen LogP contribution in [0, 0.1) is 0 Å². The molecule has 2 N–H and O–H groups in total. The molecule has 0 spiro atoms. The molecule has 0 aliphatic carbocycles. The standard InChI is InChI=1S/C17H22N2O4S/c1-2-3-9-23-17(22)12-4-6-13(7-5-12)19-15(20)11-14-16(21)18-8-10-24-14/h4-7,14H,2-3,8-11H2,1H3,(H,18,21)(H,19,20)/t14-/m1/s1. The molecule has 1 saturated heterocycles. The summed E-state index contributed by atoms with van der Waals surface area (Å²) in [6, 6.07) is 6.54. The van der Waals surface area contributed by atoms with Gasteiger partial charge in [0.2, 0.25) is 11.8 Å². The Morgan fingerprint density at radius 2 is 2.08 bits per heavy atom. The zero-order valence-electron chi connectivity index (χ0n) is 13.7. The number of amides is 2. The normalized spacial score (nSPS) is 17.0. The van der Waals surface area contributed by atoms with Gasteiger partial charge in [0.1, 0.15) is 0 Å². The summed E-state index contributed by atoms with van der Waals surface area (Å²) >= 11 is 1.49. The summed E-state index contributed by atoms with van der Waals surface area (Å²) in [5, 5.41) is 5.15.